The molecule has 0 aliphatic rings. The number of hydrogen-bond acceptors (Lipinski definition) is 2. The fraction of sp³-hybridized carbons (Fsp3) is 0.0909. The third-order valence-electron chi connectivity index (χ3n) is 6.38. The molecule has 4 heteroatoms. The van der Waals surface area contributed by atoms with Gasteiger partial charge in [-0.3, -0.25) is 4.79 Å². The van der Waals surface area contributed by atoms with Crippen LogP contribution in [0.1, 0.15) is 32.6 Å². The molecule has 4 aromatic carbocycles. The minimum absolute atomic E-state index is 0.241. The maximum absolute atomic E-state index is 13.6. The van der Waals surface area contributed by atoms with Gasteiger partial charge in [-0.1, -0.05) is 108 Å². The van der Waals surface area contributed by atoms with Crippen molar-refractivity contribution in [3.05, 3.63) is 137 Å². The molecule has 1 aromatic heterocycles. The van der Waals surface area contributed by atoms with Gasteiger partial charge in [0.15, 0.2) is 0 Å². The van der Waals surface area contributed by atoms with Crippen molar-refractivity contribution >= 4 is 11.7 Å². The molecule has 1 N–H and O–H groups in total. The predicted molar refractivity (Wildman–Crippen MR) is 149 cm³/mol. The first-order chi connectivity index (χ1) is 18.0. The molecule has 0 radical (unpaired) electrons. The van der Waals surface area contributed by atoms with Gasteiger partial charge in [0.1, 0.15) is 17.5 Å². The maximum atomic E-state index is 13.6. The molecule has 0 saturated carbocycles. The van der Waals surface area contributed by atoms with E-state index in [1.807, 2.05) is 111 Å². The molecule has 0 aliphatic heterocycles. The van der Waals surface area contributed by atoms with Crippen molar-refractivity contribution in [1.82, 2.24) is 4.57 Å². The Morgan fingerprint density at radius 2 is 1.32 bits per heavy atom. The van der Waals surface area contributed by atoms with Crippen molar-refractivity contribution in [2.75, 3.05) is 5.32 Å². The molecule has 4 nitrogen and oxygen atoms in total. The third kappa shape index (κ3) is 4.94. The molecular weight excluding hydrogens is 454 g/mol. The van der Waals surface area contributed by atoms with Gasteiger partial charge in [0.2, 0.25) is 0 Å². The lowest BCUT2D eigenvalue weighted by molar-refractivity contribution is 0.102. The van der Waals surface area contributed by atoms with E-state index < -0.39 is 0 Å². The van der Waals surface area contributed by atoms with Gasteiger partial charge in [-0.05, 0) is 42.7 Å². The molecule has 37 heavy (non-hydrogen) atoms. The number of aryl methyl sites for hydroxylation is 2. The zero-order valence-corrected chi connectivity index (χ0v) is 20.9. The number of nitrogens with zero attached hydrogens (tertiary/aromatic N) is 2. The van der Waals surface area contributed by atoms with Crippen LogP contribution in [0.3, 0.4) is 0 Å². The average Bonchev–Trinajstić information content (AvgIpc) is 3.22. The minimum atomic E-state index is -0.241. The topological polar surface area (TPSA) is 57.8 Å². The fourth-order valence-electron chi connectivity index (χ4n) is 4.85. The van der Waals surface area contributed by atoms with Gasteiger partial charge in [-0.25, -0.2) is 0 Å². The van der Waals surface area contributed by atoms with Crippen LogP contribution in [0.4, 0.5) is 5.82 Å². The summed E-state index contributed by atoms with van der Waals surface area (Å²) in [6.07, 6.45) is 0. The highest BCUT2D eigenvalue weighted by Gasteiger charge is 2.26. The van der Waals surface area contributed by atoms with E-state index in [1.165, 1.54) is 0 Å². The summed E-state index contributed by atoms with van der Waals surface area (Å²) in [5, 5.41) is 13.6. The molecule has 0 bridgehead atoms. The summed E-state index contributed by atoms with van der Waals surface area (Å²) in [5.41, 5.74) is 7.70. The Labute approximate surface area is 217 Å². The number of hydrogen-bond donors (Lipinski definition) is 1. The molecule has 0 unspecified atom stereocenters. The van der Waals surface area contributed by atoms with Gasteiger partial charge in [-0.15, -0.1) is 0 Å². The van der Waals surface area contributed by atoms with Crippen molar-refractivity contribution < 1.29 is 4.79 Å². The van der Waals surface area contributed by atoms with Crippen molar-refractivity contribution in [3.63, 3.8) is 0 Å². The predicted octanol–water partition coefficient (Wildman–Crippen LogP) is 7.61. The SMILES string of the molecule is Cc1cc(C)cc(C(=O)Nc2c(C#N)c(-c3ccccc3)c(-c3ccccc3)n2Cc2ccccc2)c1. The van der Waals surface area contributed by atoms with Crippen LogP contribution in [-0.2, 0) is 6.54 Å². The second-order valence-electron chi connectivity index (χ2n) is 9.19. The Kier molecular flexibility index (Phi) is 6.70. The van der Waals surface area contributed by atoms with E-state index in [9.17, 15) is 10.1 Å². The standard InChI is InChI=1S/C33H27N3O/c1-23-18-24(2)20-28(19-23)33(37)35-32-29(21-34)30(26-14-8-4-9-15-26)31(27-16-10-5-11-17-27)36(32)22-25-12-6-3-7-13-25/h3-20H,22H2,1-2H3,(H,35,37). The second kappa shape index (κ2) is 10.4. The summed E-state index contributed by atoms with van der Waals surface area (Å²) < 4.78 is 2.06. The van der Waals surface area contributed by atoms with Gasteiger partial charge in [-0.2, -0.15) is 5.26 Å². The molecule has 0 fully saturated rings. The molecule has 0 saturated heterocycles. The first-order valence-electron chi connectivity index (χ1n) is 12.3. The van der Waals surface area contributed by atoms with Crippen molar-refractivity contribution in [2.45, 2.75) is 20.4 Å². The molecule has 0 atom stereocenters. The number of nitrogens with one attached hydrogen (secondary N) is 1. The lowest BCUT2D eigenvalue weighted by Crippen LogP contribution is -2.17. The Morgan fingerprint density at radius 3 is 1.89 bits per heavy atom. The van der Waals surface area contributed by atoms with Crippen LogP contribution in [-0.4, -0.2) is 10.5 Å². The zero-order valence-electron chi connectivity index (χ0n) is 20.9. The molecule has 1 amide bonds. The summed E-state index contributed by atoms with van der Waals surface area (Å²) in [6, 6.07) is 38.2. The van der Waals surface area contributed by atoms with Gasteiger partial charge < -0.3 is 9.88 Å². The number of amides is 1. The highest BCUT2D eigenvalue weighted by molar-refractivity contribution is 6.06. The number of rotatable bonds is 6. The van der Waals surface area contributed by atoms with Crippen LogP contribution < -0.4 is 5.32 Å². The first kappa shape index (κ1) is 23.8. The lowest BCUT2D eigenvalue weighted by atomic mass is 9.98. The van der Waals surface area contributed by atoms with Crippen LogP contribution in [0.25, 0.3) is 22.4 Å². The van der Waals surface area contributed by atoms with Crippen molar-refractivity contribution in [1.29, 1.82) is 5.26 Å². The van der Waals surface area contributed by atoms with E-state index in [-0.39, 0.29) is 5.91 Å². The van der Waals surface area contributed by atoms with Gasteiger partial charge in [0.25, 0.3) is 5.91 Å². The summed E-state index contributed by atoms with van der Waals surface area (Å²) in [6.45, 7) is 4.45. The van der Waals surface area contributed by atoms with Crippen molar-refractivity contribution in [3.8, 4) is 28.5 Å². The van der Waals surface area contributed by atoms with Crippen LogP contribution >= 0.6 is 0 Å². The molecule has 180 valence electrons. The van der Waals surface area contributed by atoms with E-state index in [4.69, 9.17) is 0 Å². The number of nitriles is 1. The Hall–Kier alpha value is -4.88. The molecular formula is C33H27N3O. The fourth-order valence-corrected chi connectivity index (χ4v) is 4.85. The van der Waals surface area contributed by atoms with Gasteiger partial charge >= 0.3 is 0 Å². The van der Waals surface area contributed by atoms with Crippen molar-refractivity contribution in [2.24, 2.45) is 0 Å². The van der Waals surface area contributed by atoms with Gasteiger partial charge in [0.05, 0.1) is 5.69 Å². The van der Waals surface area contributed by atoms with E-state index in [1.54, 1.807) is 0 Å². The maximum Gasteiger partial charge on any atom is 0.256 e. The lowest BCUT2D eigenvalue weighted by Gasteiger charge is -2.16. The molecule has 0 spiro atoms. The smallest absolute Gasteiger partial charge is 0.256 e. The Balaban J connectivity index is 1.77. The number of anilines is 1. The highest BCUT2D eigenvalue weighted by Crippen LogP contribution is 2.42. The Bertz CT molecular complexity index is 1570. The first-order valence-corrected chi connectivity index (χ1v) is 12.3. The number of carbonyl (C=O) groups is 1. The third-order valence-corrected chi connectivity index (χ3v) is 6.38. The number of aromatic nitrogens is 1. The van der Waals surface area contributed by atoms with E-state index >= 15 is 0 Å². The molecule has 5 rings (SSSR count). The van der Waals surface area contributed by atoms with E-state index in [0.717, 1.165) is 39.1 Å². The quantitative estimate of drug-likeness (QED) is 0.271. The number of benzene rings is 4. The summed E-state index contributed by atoms with van der Waals surface area (Å²) >= 11 is 0. The van der Waals surface area contributed by atoms with Crippen LogP contribution in [0.5, 0.6) is 0 Å². The normalized spacial score (nSPS) is 10.6. The van der Waals surface area contributed by atoms with E-state index in [0.29, 0.717) is 23.5 Å². The Morgan fingerprint density at radius 1 is 0.784 bits per heavy atom. The number of carbonyl (C=O) groups excluding carboxylic acids is 1. The van der Waals surface area contributed by atoms with E-state index in [2.05, 4.69) is 28.1 Å². The van der Waals surface area contributed by atoms with Crippen LogP contribution in [0.15, 0.2) is 109 Å². The molecule has 1 heterocycles. The monoisotopic (exact) mass is 481 g/mol. The highest BCUT2D eigenvalue weighted by atomic mass is 16.1. The summed E-state index contributed by atoms with van der Waals surface area (Å²) in [7, 11) is 0. The average molecular weight is 482 g/mol. The van der Waals surface area contributed by atoms with Gasteiger partial charge in [0, 0.05) is 17.7 Å². The van der Waals surface area contributed by atoms with Crippen LogP contribution in [0.2, 0.25) is 0 Å². The zero-order chi connectivity index (χ0) is 25.8. The molecule has 5 aromatic rings. The summed E-state index contributed by atoms with van der Waals surface area (Å²) in [5.74, 6) is 0.252. The second-order valence-corrected chi connectivity index (χ2v) is 9.19. The van der Waals surface area contributed by atoms with Crippen LogP contribution in [0, 0.1) is 25.2 Å². The molecule has 0 aliphatic carbocycles. The summed E-state index contributed by atoms with van der Waals surface area (Å²) in [4.78, 5) is 13.6. The largest absolute Gasteiger partial charge is 0.321 e. The minimum Gasteiger partial charge on any atom is -0.321 e.